The zero-order valence-electron chi connectivity index (χ0n) is 10.6. The Morgan fingerprint density at radius 3 is 2.43 bits per heavy atom. The minimum atomic E-state index is -1.56. The largest absolute Gasteiger partial charge is 0.271 e. The first-order chi connectivity index (χ1) is 9.93. The average molecular weight is 363 g/mol. The number of halogens is 5. The van der Waals surface area contributed by atoms with Crippen LogP contribution in [0.15, 0.2) is 34.8 Å². The third kappa shape index (κ3) is 3.42. The number of rotatable bonds is 4. The van der Waals surface area contributed by atoms with E-state index in [0.29, 0.717) is 10.0 Å². The molecular weight excluding hydrogens is 352 g/mol. The van der Waals surface area contributed by atoms with Crippen LogP contribution in [0.1, 0.15) is 17.2 Å². The first-order valence-electron chi connectivity index (χ1n) is 5.97. The number of hydrazine groups is 1. The van der Waals surface area contributed by atoms with Crippen LogP contribution in [0.25, 0.3) is 0 Å². The summed E-state index contributed by atoms with van der Waals surface area (Å²) in [5, 5.41) is 0. The van der Waals surface area contributed by atoms with Gasteiger partial charge in [-0.2, -0.15) is 0 Å². The minimum absolute atomic E-state index is 0.0941. The van der Waals surface area contributed by atoms with Gasteiger partial charge in [0.05, 0.1) is 6.04 Å². The molecule has 0 saturated heterocycles. The molecule has 0 bridgehead atoms. The van der Waals surface area contributed by atoms with E-state index in [4.69, 9.17) is 5.84 Å². The molecule has 0 aromatic heterocycles. The highest BCUT2D eigenvalue weighted by Crippen LogP contribution is 2.27. The zero-order valence-corrected chi connectivity index (χ0v) is 12.2. The van der Waals surface area contributed by atoms with Gasteiger partial charge in [-0.05, 0) is 36.2 Å². The van der Waals surface area contributed by atoms with Gasteiger partial charge in [0, 0.05) is 10.0 Å². The average Bonchev–Trinajstić information content (AvgIpc) is 2.46. The lowest BCUT2D eigenvalue weighted by atomic mass is 9.98. The first-order valence-corrected chi connectivity index (χ1v) is 6.76. The van der Waals surface area contributed by atoms with Crippen molar-refractivity contribution in [3.63, 3.8) is 0 Å². The maximum atomic E-state index is 13.8. The maximum Gasteiger partial charge on any atom is 0.194 e. The summed E-state index contributed by atoms with van der Waals surface area (Å²) in [6.45, 7) is 0. The molecule has 112 valence electrons. The molecule has 7 heteroatoms. The minimum Gasteiger partial charge on any atom is -0.271 e. The quantitative estimate of drug-likeness (QED) is 0.376. The fraction of sp³-hybridized carbons (Fsp3) is 0.143. The number of hydrogen-bond donors (Lipinski definition) is 2. The molecule has 2 nitrogen and oxygen atoms in total. The second kappa shape index (κ2) is 6.55. The second-order valence-corrected chi connectivity index (χ2v) is 5.28. The number of hydrogen-bond acceptors (Lipinski definition) is 2. The van der Waals surface area contributed by atoms with Gasteiger partial charge in [0.1, 0.15) is 5.82 Å². The monoisotopic (exact) mass is 362 g/mol. The van der Waals surface area contributed by atoms with Gasteiger partial charge in [0.15, 0.2) is 17.5 Å². The van der Waals surface area contributed by atoms with Crippen LogP contribution < -0.4 is 11.3 Å². The molecule has 0 radical (unpaired) electrons. The first kappa shape index (κ1) is 15.9. The van der Waals surface area contributed by atoms with Crippen molar-refractivity contribution in [2.45, 2.75) is 12.5 Å². The van der Waals surface area contributed by atoms with Gasteiger partial charge < -0.3 is 0 Å². The summed E-state index contributed by atoms with van der Waals surface area (Å²) in [4.78, 5) is 0. The Balaban J connectivity index is 2.37. The number of nitrogens with two attached hydrogens (primary N) is 1. The van der Waals surface area contributed by atoms with E-state index < -0.39 is 29.3 Å². The van der Waals surface area contributed by atoms with Crippen LogP contribution in [0.2, 0.25) is 0 Å². The molecule has 0 aliphatic heterocycles. The standard InChI is InChI=1S/C14H11BrF4N2/c15-10-3-1-8(16)5-7(10)6-12(21-20)9-2-4-11(17)14(19)13(9)18/h1-5,12,21H,6,20H2. The molecule has 0 heterocycles. The maximum absolute atomic E-state index is 13.8. The van der Waals surface area contributed by atoms with Gasteiger partial charge in [-0.15, -0.1) is 0 Å². The topological polar surface area (TPSA) is 38.0 Å². The SMILES string of the molecule is NNC(Cc1cc(F)ccc1Br)c1ccc(F)c(F)c1F. The van der Waals surface area contributed by atoms with E-state index in [9.17, 15) is 17.6 Å². The Kier molecular flexibility index (Phi) is 4.97. The fourth-order valence-corrected chi connectivity index (χ4v) is 2.40. The Morgan fingerprint density at radius 1 is 1.05 bits per heavy atom. The zero-order chi connectivity index (χ0) is 15.6. The smallest absolute Gasteiger partial charge is 0.194 e. The molecule has 0 saturated carbocycles. The van der Waals surface area contributed by atoms with Gasteiger partial charge in [-0.3, -0.25) is 11.3 Å². The van der Waals surface area contributed by atoms with E-state index in [1.807, 2.05) is 0 Å². The third-order valence-electron chi connectivity index (χ3n) is 3.07. The van der Waals surface area contributed by atoms with Crippen molar-refractivity contribution >= 4 is 15.9 Å². The lowest BCUT2D eigenvalue weighted by molar-refractivity contribution is 0.424. The van der Waals surface area contributed by atoms with Crippen molar-refractivity contribution < 1.29 is 17.6 Å². The second-order valence-electron chi connectivity index (χ2n) is 4.42. The van der Waals surface area contributed by atoms with Gasteiger partial charge in [0.25, 0.3) is 0 Å². The summed E-state index contributed by atoms with van der Waals surface area (Å²) in [6, 6.07) is 5.10. The Morgan fingerprint density at radius 2 is 1.76 bits per heavy atom. The summed E-state index contributed by atoms with van der Waals surface area (Å²) in [5.41, 5.74) is 2.71. The fourth-order valence-electron chi connectivity index (χ4n) is 1.99. The van der Waals surface area contributed by atoms with E-state index in [2.05, 4.69) is 21.4 Å². The van der Waals surface area contributed by atoms with Crippen molar-refractivity contribution in [1.29, 1.82) is 0 Å². The van der Waals surface area contributed by atoms with Crippen molar-refractivity contribution in [2.75, 3.05) is 0 Å². The predicted octanol–water partition coefficient (Wildman–Crippen LogP) is 3.75. The Hall–Kier alpha value is -1.44. The van der Waals surface area contributed by atoms with Gasteiger partial charge >= 0.3 is 0 Å². The van der Waals surface area contributed by atoms with Crippen molar-refractivity contribution in [3.8, 4) is 0 Å². The normalized spacial score (nSPS) is 12.5. The van der Waals surface area contributed by atoms with Crippen molar-refractivity contribution in [2.24, 2.45) is 5.84 Å². The van der Waals surface area contributed by atoms with Crippen LogP contribution in [0.5, 0.6) is 0 Å². The summed E-state index contributed by atoms with van der Waals surface area (Å²) in [5.74, 6) is 0.736. The van der Waals surface area contributed by atoms with Crippen molar-refractivity contribution in [3.05, 3.63) is 69.2 Å². The molecular formula is C14H11BrF4N2. The summed E-state index contributed by atoms with van der Waals surface area (Å²) in [6.07, 6.45) is 0.0941. The number of nitrogens with one attached hydrogen (secondary N) is 1. The molecule has 1 atom stereocenters. The highest BCUT2D eigenvalue weighted by atomic mass is 79.9. The van der Waals surface area contributed by atoms with E-state index in [-0.39, 0.29) is 12.0 Å². The van der Waals surface area contributed by atoms with Crippen LogP contribution in [0.4, 0.5) is 17.6 Å². The summed E-state index contributed by atoms with van der Waals surface area (Å²) < 4.78 is 53.9. The van der Waals surface area contributed by atoms with E-state index in [1.165, 1.54) is 18.2 Å². The molecule has 2 aromatic rings. The lowest BCUT2D eigenvalue weighted by Crippen LogP contribution is -2.30. The molecule has 0 aliphatic carbocycles. The molecule has 0 spiro atoms. The molecule has 2 aromatic carbocycles. The molecule has 0 fully saturated rings. The number of benzene rings is 2. The summed E-state index contributed by atoms with van der Waals surface area (Å²) >= 11 is 3.24. The van der Waals surface area contributed by atoms with Gasteiger partial charge in [-0.1, -0.05) is 22.0 Å². The highest BCUT2D eigenvalue weighted by Gasteiger charge is 2.21. The molecule has 21 heavy (non-hydrogen) atoms. The molecule has 0 amide bonds. The van der Waals surface area contributed by atoms with Crippen LogP contribution in [0, 0.1) is 23.3 Å². The van der Waals surface area contributed by atoms with Crippen LogP contribution in [-0.4, -0.2) is 0 Å². The van der Waals surface area contributed by atoms with Crippen LogP contribution in [-0.2, 0) is 6.42 Å². The van der Waals surface area contributed by atoms with Gasteiger partial charge in [-0.25, -0.2) is 17.6 Å². The lowest BCUT2D eigenvalue weighted by Gasteiger charge is -2.18. The van der Waals surface area contributed by atoms with Crippen LogP contribution >= 0.6 is 15.9 Å². The van der Waals surface area contributed by atoms with E-state index >= 15 is 0 Å². The van der Waals surface area contributed by atoms with Gasteiger partial charge in [0.2, 0.25) is 0 Å². The van der Waals surface area contributed by atoms with E-state index in [1.54, 1.807) is 0 Å². The van der Waals surface area contributed by atoms with Crippen LogP contribution in [0.3, 0.4) is 0 Å². The highest BCUT2D eigenvalue weighted by molar-refractivity contribution is 9.10. The van der Waals surface area contributed by atoms with Crippen molar-refractivity contribution in [1.82, 2.24) is 5.43 Å². The molecule has 0 aliphatic rings. The Bertz CT molecular complexity index is 664. The molecule has 2 rings (SSSR count). The van der Waals surface area contributed by atoms with E-state index in [0.717, 1.165) is 12.1 Å². The Labute approximate surface area is 127 Å². The molecule has 3 N–H and O–H groups in total. The summed E-state index contributed by atoms with van der Waals surface area (Å²) in [7, 11) is 0. The predicted molar refractivity (Wildman–Crippen MR) is 74.2 cm³/mol. The third-order valence-corrected chi connectivity index (χ3v) is 3.85. The molecule has 1 unspecified atom stereocenters.